The number of nitrogens with zero attached hydrogens (tertiary/aromatic N) is 3. The average molecular weight is 596 g/mol. The summed E-state index contributed by atoms with van der Waals surface area (Å²) < 4.78 is -1.08. The lowest BCUT2D eigenvalue weighted by Gasteiger charge is -2.39. The van der Waals surface area contributed by atoms with Crippen molar-refractivity contribution in [2.24, 2.45) is 11.8 Å². The molecule has 2 bridgehead atoms. The van der Waals surface area contributed by atoms with E-state index in [-0.39, 0.29) is 30.4 Å². The fourth-order valence-electron chi connectivity index (χ4n) is 7.65. The number of carbonyl (C=O) groups excluding carboxylic acids is 3. The maximum absolute atomic E-state index is 14.6. The molecule has 3 heterocycles. The number of anilines is 1. The standard InChI is InChI=1S/C34H49N3O4S/c1-6-16-25(4)35(21-7-2)32(41)29-34-20-19-33(5,42-34)27(28(34)31(40)37(29)23-14-9-10-15-24-38)30(39)36(22-8-3)26-17-12-11-13-18-26/h7-8,11-13,17-18,25,27-29,38H,2-3,6,9-10,14-16,19-24H2,1,4-5H3/t25?,27-,28+,29?,33+,34?/m1/s1. The topological polar surface area (TPSA) is 81.2 Å². The van der Waals surface area contributed by atoms with Crippen LogP contribution in [0.25, 0.3) is 0 Å². The molecule has 3 aliphatic rings. The molecule has 4 rings (SSSR count). The van der Waals surface area contributed by atoms with Crippen LogP contribution in [0.5, 0.6) is 0 Å². The van der Waals surface area contributed by atoms with E-state index in [9.17, 15) is 19.5 Å². The van der Waals surface area contributed by atoms with Gasteiger partial charge in [-0.05, 0) is 58.1 Å². The lowest BCUT2D eigenvalue weighted by atomic mass is 9.66. The van der Waals surface area contributed by atoms with Gasteiger partial charge in [-0.2, -0.15) is 0 Å². The molecule has 3 fully saturated rings. The number of amides is 3. The summed E-state index contributed by atoms with van der Waals surface area (Å²) in [5, 5.41) is 9.22. The molecule has 3 aliphatic heterocycles. The van der Waals surface area contributed by atoms with Gasteiger partial charge in [0.05, 0.1) is 16.6 Å². The minimum atomic E-state index is -0.643. The first-order valence-electron chi connectivity index (χ1n) is 15.7. The molecular weight excluding hydrogens is 546 g/mol. The Morgan fingerprint density at radius 3 is 2.43 bits per heavy atom. The molecule has 1 aromatic rings. The summed E-state index contributed by atoms with van der Waals surface area (Å²) in [6.45, 7) is 15.6. The summed E-state index contributed by atoms with van der Waals surface area (Å²) in [5.74, 6) is -1.21. The van der Waals surface area contributed by atoms with Gasteiger partial charge in [0.1, 0.15) is 6.04 Å². The number of para-hydroxylation sites is 1. The molecule has 1 spiro atoms. The van der Waals surface area contributed by atoms with E-state index in [0.717, 1.165) is 57.1 Å². The van der Waals surface area contributed by atoms with Crippen molar-refractivity contribution < 1.29 is 19.5 Å². The van der Waals surface area contributed by atoms with Crippen molar-refractivity contribution in [2.45, 2.75) is 93.7 Å². The van der Waals surface area contributed by atoms with E-state index in [0.29, 0.717) is 19.6 Å². The van der Waals surface area contributed by atoms with E-state index in [2.05, 4.69) is 33.9 Å². The van der Waals surface area contributed by atoms with Gasteiger partial charge < -0.3 is 19.8 Å². The highest BCUT2D eigenvalue weighted by Crippen LogP contribution is 2.71. The number of rotatable bonds is 16. The molecule has 0 saturated carbocycles. The normalized spacial score (nSPS) is 28.4. The third-order valence-electron chi connectivity index (χ3n) is 9.58. The molecule has 3 amide bonds. The van der Waals surface area contributed by atoms with E-state index in [1.54, 1.807) is 28.8 Å². The van der Waals surface area contributed by atoms with E-state index < -0.39 is 27.4 Å². The lowest BCUT2D eigenvalue weighted by molar-refractivity contribution is -0.144. The Balaban J connectivity index is 1.74. The third kappa shape index (κ3) is 5.81. The molecule has 3 saturated heterocycles. The molecule has 0 aliphatic carbocycles. The first-order chi connectivity index (χ1) is 20.2. The number of unbranched alkanes of at least 4 members (excludes halogenated alkanes) is 3. The van der Waals surface area contributed by atoms with E-state index in [1.165, 1.54) is 0 Å². The Morgan fingerprint density at radius 2 is 1.79 bits per heavy atom. The van der Waals surface area contributed by atoms with Gasteiger partial charge >= 0.3 is 0 Å². The molecule has 6 atom stereocenters. The highest BCUT2D eigenvalue weighted by Gasteiger charge is 2.77. The molecule has 230 valence electrons. The second-order valence-electron chi connectivity index (χ2n) is 12.4. The van der Waals surface area contributed by atoms with E-state index in [1.807, 2.05) is 40.1 Å². The summed E-state index contributed by atoms with van der Waals surface area (Å²) >= 11 is 1.73. The van der Waals surface area contributed by atoms with Crippen LogP contribution in [0.15, 0.2) is 55.6 Å². The summed E-state index contributed by atoms with van der Waals surface area (Å²) in [6, 6.07) is 9.01. The van der Waals surface area contributed by atoms with Gasteiger partial charge in [-0.25, -0.2) is 0 Å². The molecule has 42 heavy (non-hydrogen) atoms. The highest BCUT2D eigenvalue weighted by molar-refractivity contribution is 8.02. The number of hydrogen-bond acceptors (Lipinski definition) is 5. The monoisotopic (exact) mass is 595 g/mol. The summed E-state index contributed by atoms with van der Waals surface area (Å²) in [6.07, 6.45) is 10.1. The maximum atomic E-state index is 14.6. The van der Waals surface area contributed by atoms with Gasteiger partial charge in [0.15, 0.2) is 0 Å². The van der Waals surface area contributed by atoms with Crippen molar-refractivity contribution in [1.82, 2.24) is 9.80 Å². The Morgan fingerprint density at radius 1 is 1.10 bits per heavy atom. The van der Waals surface area contributed by atoms with Crippen molar-refractivity contribution in [3.63, 3.8) is 0 Å². The minimum absolute atomic E-state index is 0.0158. The first kappa shape index (κ1) is 32.3. The highest BCUT2D eigenvalue weighted by atomic mass is 32.2. The first-order valence-corrected chi connectivity index (χ1v) is 16.5. The predicted molar refractivity (Wildman–Crippen MR) is 171 cm³/mol. The van der Waals surface area contributed by atoms with Gasteiger partial charge in [0, 0.05) is 42.7 Å². The average Bonchev–Trinajstić information content (AvgIpc) is 3.55. The number of hydrogen-bond donors (Lipinski definition) is 1. The Hall–Kier alpha value is -2.58. The molecule has 1 aromatic carbocycles. The van der Waals surface area contributed by atoms with Crippen molar-refractivity contribution in [2.75, 3.05) is 31.1 Å². The Kier molecular flexibility index (Phi) is 10.6. The number of benzene rings is 1. The summed E-state index contributed by atoms with van der Waals surface area (Å²) in [4.78, 5) is 49.2. The van der Waals surface area contributed by atoms with Crippen LogP contribution in [-0.4, -0.2) is 80.4 Å². The third-order valence-corrected chi connectivity index (χ3v) is 11.6. The van der Waals surface area contributed by atoms with Crippen LogP contribution in [0, 0.1) is 11.8 Å². The lowest BCUT2D eigenvalue weighted by Crippen LogP contribution is -2.56. The van der Waals surface area contributed by atoms with Gasteiger partial charge in [-0.3, -0.25) is 14.4 Å². The van der Waals surface area contributed by atoms with Crippen molar-refractivity contribution in [3.05, 3.63) is 55.6 Å². The summed E-state index contributed by atoms with van der Waals surface area (Å²) in [7, 11) is 0. The molecule has 0 aromatic heterocycles. The van der Waals surface area contributed by atoms with Crippen molar-refractivity contribution >= 4 is 35.2 Å². The van der Waals surface area contributed by atoms with E-state index >= 15 is 0 Å². The molecule has 7 nitrogen and oxygen atoms in total. The molecule has 3 unspecified atom stereocenters. The fraction of sp³-hybridized carbons (Fsp3) is 0.618. The van der Waals surface area contributed by atoms with Gasteiger partial charge in [-0.1, -0.05) is 56.5 Å². The van der Waals surface area contributed by atoms with Crippen LogP contribution in [0.2, 0.25) is 0 Å². The van der Waals surface area contributed by atoms with Crippen molar-refractivity contribution in [1.29, 1.82) is 0 Å². The Labute approximate surface area is 256 Å². The molecule has 8 heteroatoms. The molecule has 1 N–H and O–H groups in total. The Bertz CT molecular complexity index is 1140. The predicted octanol–water partition coefficient (Wildman–Crippen LogP) is 5.44. The largest absolute Gasteiger partial charge is 0.396 e. The zero-order valence-electron chi connectivity index (χ0n) is 25.7. The zero-order valence-corrected chi connectivity index (χ0v) is 26.5. The second-order valence-corrected chi connectivity index (χ2v) is 14.3. The van der Waals surface area contributed by atoms with Crippen LogP contribution in [0.1, 0.15) is 72.1 Å². The summed E-state index contributed by atoms with van der Waals surface area (Å²) in [5.41, 5.74) is 0.789. The van der Waals surface area contributed by atoms with E-state index in [4.69, 9.17) is 0 Å². The van der Waals surface area contributed by atoms with Gasteiger partial charge in [-0.15, -0.1) is 24.9 Å². The molecular formula is C34H49N3O4S. The zero-order chi connectivity index (χ0) is 30.5. The SMILES string of the molecule is C=CCN(C(=O)[C@H]1[C@H]2C(=O)N(CCCCCCO)C(C(=O)N(CC=C)C(C)CCC)C23CC[C@]1(C)S3)c1ccccc1. The number of likely N-dealkylation sites (tertiary alicyclic amines) is 1. The quantitative estimate of drug-likeness (QED) is 0.203. The number of aliphatic hydroxyl groups is 1. The maximum Gasteiger partial charge on any atom is 0.247 e. The van der Waals surface area contributed by atoms with Crippen molar-refractivity contribution in [3.8, 4) is 0 Å². The van der Waals surface area contributed by atoms with Crippen LogP contribution in [0.4, 0.5) is 5.69 Å². The second kappa shape index (κ2) is 13.8. The number of carbonyl (C=O) groups is 3. The number of thioether (sulfide) groups is 1. The number of aliphatic hydroxyl groups excluding tert-OH is 1. The van der Waals surface area contributed by atoms with Crippen LogP contribution >= 0.6 is 11.8 Å². The van der Waals surface area contributed by atoms with Crippen LogP contribution < -0.4 is 4.90 Å². The number of fused-ring (bicyclic) bond motifs is 1. The van der Waals surface area contributed by atoms with Gasteiger partial charge in [0.25, 0.3) is 0 Å². The smallest absolute Gasteiger partial charge is 0.247 e. The van der Waals surface area contributed by atoms with Crippen LogP contribution in [-0.2, 0) is 14.4 Å². The molecule has 0 radical (unpaired) electrons. The minimum Gasteiger partial charge on any atom is -0.396 e. The van der Waals surface area contributed by atoms with Gasteiger partial charge in [0.2, 0.25) is 17.7 Å². The fourth-order valence-corrected chi connectivity index (χ4v) is 10.00. The van der Waals surface area contributed by atoms with Crippen LogP contribution in [0.3, 0.4) is 0 Å².